The Kier molecular flexibility index (Phi) is 4.01. The van der Waals surface area contributed by atoms with E-state index >= 15 is 0 Å². The summed E-state index contributed by atoms with van der Waals surface area (Å²) >= 11 is 1.30. The molecular formula is C13H10FNO3S. The molecule has 19 heavy (non-hydrogen) atoms. The van der Waals surface area contributed by atoms with Crippen LogP contribution in [0.25, 0.3) is 0 Å². The Hall–Kier alpha value is -2.08. The van der Waals surface area contributed by atoms with Gasteiger partial charge in [0.2, 0.25) is 0 Å². The largest absolute Gasteiger partial charge is 0.508 e. The number of nitro benzene ring substituents is 1. The van der Waals surface area contributed by atoms with Crippen molar-refractivity contribution in [2.75, 3.05) is 0 Å². The van der Waals surface area contributed by atoms with Crippen molar-refractivity contribution in [3.8, 4) is 5.75 Å². The zero-order valence-electron chi connectivity index (χ0n) is 9.75. The maximum absolute atomic E-state index is 13.1. The Morgan fingerprint density at radius 3 is 2.74 bits per heavy atom. The van der Waals surface area contributed by atoms with Crippen LogP contribution in [0, 0.1) is 15.9 Å². The van der Waals surface area contributed by atoms with Crippen LogP contribution in [0.5, 0.6) is 5.75 Å². The number of halogens is 1. The summed E-state index contributed by atoms with van der Waals surface area (Å²) in [5.41, 5.74) is 0.215. The number of nitrogens with zero attached hydrogens (tertiary/aromatic N) is 1. The van der Waals surface area contributed by atoms with Crippen LogP contribution < -0.4 is 0 Å². The summed E-state index contributed by atoms with van der Waals surface area (Å²) in [5, 5.41) is 20.1. The lowest BCUT2D eigenvalue weighted by Gasteiger charge is -2.04. The molecule has 0 aliphatic heterocycles. The second-order valence-electron chi connectivity index (χ2n) is 3.82. The van der Waals surface area contributed by atoms with Crippen molar-refractivity contribution in [3.05, 3.63) is 64.0 Å². The first-order valence-corrected chi connectivity index (χ1v) is 6.39. The Balaban J connectivity index is 2.19. The number of phenols is 1. The second kappa shape index (κ2) is 5.71. The lowest BCUT2D eigenvalue weighted by Crippen LogP contribution is -1.95. The van der Waals surface area contributed by atoms with Gasteiger partial charge in [-0.25, -0.2) is 4.39 Å². The maximum atomic E-state index is 13.1. The van der Waals surface area contributed by atoms with Gasteiger partial charge in [-0.1, -0.05) is 6.07 Å². The molecule has 0 atom stereocenters. The molecule has 0 fully saturated rings. The molecule has 0 heterocycles. The molecule has 0 bridgehead atoms. The summed E-state index contributed by atoms with van der Waals surface area (Å²) in [5.74, 6) is -0.117. The van der Waals surface area contributed by atoms with Crippen LogP contribution in [0.4, 0.5) is 10.1 Å². The maximum Gasteiger partial charge on any atom is 0.273 e. The summed E-state index contributed by atoms with van der Waals surface area (Å²) in [6.07, 6.45) is 0. The molecule has 0 aliphatic rings. The SMILES string of the molecule is O=[N+]([O-])c1ccc(F)cc1CSc1cccc(O)c1. The smallest absolute Gasteiger partial charge is 0.273 e. The highest BCUT2D eigenvalue weighted by Crippen LogP contribution is 2.29. The van der Waals surface area contributed by atoms with E-state index in [1.165, 1.54) is 17.8 Å². The van der Waals surface area contributed by atoms with Gasteiger partial charge in [0.05, 0.1) is 4.92 Å². The second-order valence-corrected chi connectivity index (χ2v) is 4.86. The molecule has 0 aliphatic carbocycles. The molecule has 2 aromatic carbocycles. The molecule has 0 saturated carbocycles. The van der Waals surface area contributed by atoms with Crippen LogP contribution >= 0.6 is 11.8 Å². The Bertz CT molecular complexity index is 619. The molecule has 6 heteroatoms. The van der Waals surface area contributed by atoms with E-state index < -0.39 is 10.7 Å². The Morgan fingerprint density at radius 2 is 2.05 bits per heavy atom. The third-order valence-electron chi connectivity index (χ3n) is 2.45. The third-order valence-corrected chi connectivity index (χ3v) is 3.49. The Morgan fingerprint density at radius 1 is 1.26 bits per heavy atom. The summed E-state index contributed by atoms with van der Waals surface area (Å²) in [4.78, 5) is 11.1. The van der Waals surface area contributed by atoms with E-state index in [2.05, 4.69) is 0 Å². The molecular weight excluding hydrogens is 269 g/mol. The van der Waals surface area contributed by atoms with Gasteiger partial charge in [-0.15, -0.1) is 11.8 Å². The molecule has 2 aromatic rings. The molecule has 4 nitrogen and oxygen atoms in total. The van der Waals surface area contributed by atoms with Crippen molar-refractivity contribution >= 4 is 17.4 Å². The molecule has 98 valence electrons. The fourth-order valence-electron chi connectivity index (χ4n) is 1.58. The fraction of sp³-hybridized carbons (Fsp3) is 0.0769. The first-order valence-electron chi connectivity index (χ1n) is 5.41. The van der Waals surface area contributed by atoms with Crippen molar-refractivity contribution < 1.29 is 14.4 Å². The average Bonchev–Trinajstić information content (AvgIpc) is 2.36. The highest BCUT2D eigenvalue weighted by atomic mass is 32.2. The number of aromatic hydroxyl groups is 1. The van der Waals surface area contributed by atoms with Crippen LogP contribution in [0.3, 0.4) is 0 Å². The van der Waals surface area contributed by atoms with Crippen LogP contribution in [0.1, 0.15) is 5.56 Å². The van der Waals surface area contributed by atoms with Crippen LogP contribution in [-0.2, 0) is 5.75 Å². The molecule has 0 radical (unpaired) electrons. The van der Waals surface area contributed by atoms with Gasteiger partial charge in [-0.3, -0.25) is 10.1 Å². The standard InChI is InChI=1S/C13H10FNO3S/c14-10-4-5-13(15(17)18)9(6-10)8-19-12-3-1-2-11(16)7-12/h1-7,16H,8H2. The summed E-state index contributed by atoms with van der Waals surface area (Å²) in [7, 11) is 0. The number of phenolic OH excluding ortho intramolecular Hbond substituents is 1. The fourth-order valence-corrected chi connectivity index (χ4v) is 2.51. The number of nitro groups is 1. The predicted molar refractivity (Wildman–Crippen MR) is 70.7 cm³/mol. The van der Waals surface area contributed by atoms with Crippen molar-refractivity contribution in [2.24, 2.45) is 0 Å². The van der Waals surface area contributed by atoms with E-state index in [0.717, 1.165) is 23.1 Å². The number of hydrogen-bond donors (Lipinski definition) is 1. The van der Waals surface area contributed by atoms with E-state index in [1.807, 2.05) is 0 Å². The van der Waals surface area contributed by atoms with Crippen molar-refractivity contribution in [1.29, 1.82) is 0 Å². The molecule has 0 aromatic heterocycles. The molecule has 0 amide bonds. The van der Waals surface area contributed by atoms with Crippen LogP contribution in [-0.4, -0.2) is 10.0 Å². The normalized spacial score (nSPS) is 10.4. The number of hydrogen-bond acceptors (Lipinski definition) is 4. The molecule has 1 N–H and O–H groups in total. The molecule has 0 saturated heterocycles. The highest BCUT2D eigenvalue weighted by Gasteiger charge is 2.14. The van der Waals surface area contributed by atoms with Gasteiger partial charge in [0, 0.05) is 22.3 Å². The lowest BCUT2D eigenvalue weighted by molar-refractivity contribution is -0.385. The summed E-state index contributed by atoms with van der Waals surface area (Å²) < 4.78 is 13.1. The van der Waals surface area contributed by atoms with Gasteiger partial charge in [0.25, 0.3) is 5.69 Å². The average molecular weight is 279 g/mol. The van der Waals surface area contributed by atoms with E-state index in [1.54, 1.807) is 18.2 Å². The zero-order valence-corrected chi connectivity index (χ0v) is 10.6. The van der Waals surface area contributed by atoms with E-state index in [-0.39, 0.29) is 17.2 Å². The predicted octanol–water partition coefficient (Wildman–Crippen LogP) is 3.73. The third kappa shape index (κ3) is 3.45. The van der Waals surface area contributed by atoms with E-state index in [0.29, 0.717) is 5.56 Å². The minimum Gasteiger partial charge on any atom is -0.508 e. The minimum atomic E-state index is -0.530. The van der Waals surface area contributed by atoms with Crippen molar-refractivity contribution in [3.63, 3.8) is 0 Å². The van der Waals surface area contributed by atoms with Gasteiger partial charge in [-0.2, -0.15) is 0 Å². The van der Waals surface area contributed by atoms with Crippen LogP contribution in [0.2, 0.25) is 0 Å². The Labute approximate surface area is 113 Å². The van der Waals surface area contributed by atoms with Crippen molar-refractivity contribution in [1.82, 2.24) is 0 Å². The van der Waals surface area contributed by atoms with E-state index in [4.69, 9.17) is 0 Å². The van der Waals surface area contributed by atoms with Gasteiger partial charge >= 0.3 is 0 Å². The highest BCUT2D eigenvalue weighted by molar-refractivity contribution is 7.98. The van der Waals surface area contributed by atoms with Crippen LogP contribution in [0.15, 0.2) is 47.4 Å². The van der Waals surface area contributed by atoms with Crippen molar-refractivity contribution in [2.45, 2.75) is 10.6 Å². The molecule has 2 rings (SSSR count). The van der Waals surface area contributed by atoms with Gasteiger partial charge in [0.15, 0.2) is 0 Å². The lowest BCUT2D eigenvalue weighted by atomic mass is 10.2. The monoisotopic (exact) mass is 279 g/mol. The number of benzene rings is 2. The summed E-state index contributed by atoms with van der Waals surface area (Å²) in [6, 6.07) is 9.93. The quantitative estimate of drug-likeness (QED) is 0.526. The first kappa shape index (κ1) is 13.4. The van der Waals surface area contributed by atoms with Gasteiger partial charge < -0.3 is 5.11 Å². The minimum absolute atomic E-state index is 0.103. The molecule has 0 unspecified atom stereocenters. The summed E-state index contributed by atoms with van der Waals surface area (Å²) in [6.45, 7) is 0. The van der Waals surface area contributed by atoms with E-state index in [9.17, 15) is 19.6 Å². The van der Waals surface area contributed by atoms with Gasteiger partial charge in [0.1, 0.15) is 11.6 Å². The number of thioether (sulfide) groups is 1. The zero-order chi connectivity index (χ0) is 13.8. The topological polar surface area (TPSA) is 63.4 Å². The number of rotatable bonds is 4. The van der Waals surface area contributed by atoms with Gasteiger partial charge in [-0.05, 0) is 30.3 Å². The first-order chi connectivity index (χ1) is 9.06. The molecule has 0 spiro atoms.